The zero-order valence-electron chi connectivity index (χ0n) is 7.83. The van der Waals surface area contributed by atoms with E-state index in [4.69, 9.17) is 5.73 Å². The highest BCUT2D eigenvalue weighted by molar-refractivity contribution is 5.88. The molecule has 0 aliphatic carbocycles. The number of amides is 1. The zero-order chi connectivity index (χ0) is 11.4. The summed E-state index contributed by atoms with van der Waals surface area (Å²) in [5, 5.41) is 2.35. The number of nitrogen functional groups attached to an aromatic ring is 1. The molecule has 7 heteroatoms. The van der Waals surface area contributed by atoms with E-state index in [1.165, 1.54) is 13.0 Å². The van der Waals surface area contributed by atoms with Crippen LogP contribution in [0.4, 0.5) is 20.3 Å². The van der Waals surface area contributed by atoms with Crippen LogP contribution < -0.4 is 15.8 Å². The Kier molecular flexibility index (Phi) is 3.37. The normalized spacial score (nSPS) is 10.1. The number of nitrogens with one attached hydrogen (secondary N) is 1. The lowest BCUT2D eigenvalue weighted by atomic mass is 10.3. The third-order valence-electron chi connectivity index (χ3n) is 1.42. The van der Waals surface area contributed by atoms with Crippen molar-refractivity contribution in [2.45, 2.75) is 13.5 Å². The van der Waals surface area contributed by atoms with Crippen molar-refractivity contribution in [1.29, 1.82) is 0 Å². The van der Waals surface area contributed by atoms with Gasteiger partial charge in [-0.25, -0.2) is 4.98 Å². The van der Waals surface area contributed by atoms with E-state index >= 15 is 0 Å². The van der Waals surface area contributed by atoms with Crippen molar-refractivity contribution in [3.05, 3.63) is 12.3 Å². The highest BCUT2D eigenvalue weighted by Crippen LogP contribution is 2.24. The predicted molar refractivity (Wildman–Crippen MR) is 49.6 cm³/mol. The van der Waals surface area contributed by atoms with Crippen molar-refractivity contribution in [2.75, 3.05) is 11.1 Å². The Hall–Kier alpha value is -1.92. The Morgan fingerprint density at radius 3 is 2.80 bits per heavy atom. The van der Waals surface area contributed by atoms with E-state index in [0.717, 1.165) is 6.20 Å². The first-order chi connectivity index (χ1) is 6.99. The van der Waals surface area contributed by atoms with Crippen LogP contribution in [-0.2, 0) is 4.79 Å². The number of rotatable bonds is 3. The summed E-state index contributed by atoms with van der Waals surface area (Å²) in [6.07, 6.45) is 1.02. The number of alkyl halides is 2. The number of halogens is 2. The van der Waals surface area contributed by atoms with E-state index in [1.54, 1.807) is 0 Å². The van der Waals surface area contributed by atoms with Gasteiger partial charge in [0.05, 0.1) is 11.9 Å². The molecule has 82 valence electrons. The zero-order valence-corrected chi connectivity index (χ0v) is 7.83. The molecule has 1 aromatic rings. The molecular formula is C8H9F2N3O2. The predicted octanol–water partition coefficient (Wildman–Crippen LogP) is 1.22. The fourth-order valence-corrected chi connectivity index (χ4v) is 0.902. The molecule has 15 heavy (non-hydrogen) atoms. The summed E-state index contributed by atoms with van der Waals surface area (Å²) in [6.45, 7) is -1.66. The largest absolute Gasteiger partial charge is 0.431 e. The molecule has 0 aromatic carbocycles. The molecule has 0 atom stereocenters. The second kappa shape index (κ2) is 4.54. The van der Waals surface area contributed by atoms with Crippen LogP contribution in [0.15, 0.2) is 12.3 Å². The smallest absolute Gasteiger partial charge is 0.387 e. The molecule has 0 radical (unpaired) electrons. The SMILES string of the molecule is CC(=O)Nc1cc(N)c(OC(F)F)cn1. The minimum absolute atomic E-state index is 0.0194. The first kappa shape index (κ1) is 11.2. The summed E-state index contributed by atoms with van der Waals surface area (Å²) >= 11 is 0. The van der Waals surface area contributed by atoms with Crippen molar-refractivity contribution >= 4 is 17.4 Å². The molecule has 1 aromatic heterocycles. The van der Waals surface area contributed by atoms with Gasteiger partial charge in [0.1, 0.15) is 5.82 Å². The third-order valence-corrected chi connectivity index (χ3v) is 1.42. The molecule has 0 aliphatic rings. The molecule has 0 spiro atoms. The molecule has 0 fully saturated rings. The number of ether oxygens (including phenoxy) is 1. The lowest BCUT2D eigenvalue weighted by Crippen LogP contribution is -2.09. The minimum atomic E-state index is -2.96. The van der Waals surface area contributed by atoms with Gasteiger partial charge >= 0.3 is 6.61 Å². The molecule has 3 N–H and O–H groups in total. The second-order valence-corrected chi connectivity index (χ2v) is 2.67. The number of hydrogen-bond acceptors (Lipinski definition) is 4. The van der Waals surface area contributed by atoms with Crippen LogP contribution in [0.2, 0.25) is 0 Å². The Balaban J connectivity index is 2.83. The fourth-order valence-electron chi connectivity index (χ4n) is 0.902. The van der Waals surface area contributed by atoms with Crippen LogP contribution >= 0.6 is 0 Å². The topological polar surface area (TPSA) is 77.2 Å². The average Bonchev–Trinajstić information content (AvgIpc) is 2.08. The monoisotopic (exact) mass is 217 g/mol. The summed E-state index contributed by atoms with van der Waals surface area (Å²) in [5.41, 5.74) is 5.38. The Morgan fingerprint density at radius 2 is 2.33 bits per heavy atom. The molecule has 1 amide bonds. The molecule has 0 bridgehead atoms. The van der Waals surface area contributed by atoms with E-state index in [1.807, 2.05) is 0 Å². The number of nitrogens with zero attached hydrogens (tertiary/aromatic N) is 1. The second-order valence-electron chi connectivity index (χ2n) is 2.67. The number of nitrogens with two attached hydrogens (primary N) is 1. The fraction of sp³-hybridized carbons (Fsp3) is 0.250. The summed E-state index contributed by atoms with van der Waals surface area (Å²) in [6, 6.07) is 1.24. The molecule has 0 saturated heterocycles. The molecule has 0 unspecified atom stereocenters. The lowest BCUT2D eigenvalue weighted by Gasteiger charge is -2.08. The van der Waals surface area contributed by atoms with Gasteiger partial charge < -0.3 is 15.8 Å². The first-order valence-electron chi connectivity index (χ1n) is 3.97. The van der Waals surface area contributed by atoms with E-state index in [-0.39, 0.29) is 23.2 Å². The van der Waals surface area contributed by atoms with Gasteiger partial charge in [0, 0.05) is 13.0 Å². The Bertz CT molecular complexity index is 371. The lowest BCUT2D eigenvalue weighted by molar-refractivity contribution is -0.114. The van der Waals surface area contributed by atoms with Crippen molar-refractivity contribution in [3.8, 4) is 5.75 Å². The minimum Gasteiger partial charge on any atom is -0.431 e. The third kappa shape index (κ3) is 3.37. The first-order valence-corrected chi connectivity index (χ1v) is 3.97. The molecule has 5 nitrogen and oxygen atoms in total. The van der Waals surface area contributed by atoms with Gasteiger partial charge in [-0.15, -0.1) is 0 Å². The number of hydrogen-bond donors (Lipinski definition) is 2. The van der Waals surface area contributed by atoms with Gasteiger partial charge in [0.2, 0.25) is 5.91 Å². The van der Waals surface area contributed by atoms with E-state index in [0.29, 0.717) is 0 Å². The van der Waals surface area contributed by atoms with Crippen LogP contribution in [0.25, 0.3) is 0 Å². The van der Waals surface area contributed by atoms with Gasteiger partial charge in [-0.1, -0.05) is 0 Å². The quantitative estimate of drug-likeness (QED) is 0.798. The van der Waals surface area contributed by atoms with E-state index in [2.05, 4.69) is 15.0 Å². The number of anilines is 2. The number of carbonyl (C=O) groups is 1. The van der Waals surface area contributed by atoms with E-state index in [9.17, 15) is 13.6 Å². The van der Waals surface area contributed by atoms with E-state index < -0.39 is 6.61 Å². The number of carbonyl (C=O) groups excluding carboxylic acids is 1. The van der Waals surface area contributed by atoms with Crippen LogP contribution in [0, 0.1) is 0 Å². The van der Waals surface area contributed by atoms with Crippen LogP contribution in [0.5, 0.6) is 5.75 Å². The van der Waals surface area contributed by atoms with Gasteiger partial charge in [0.25, 0.3) is 0 Å². The number of aromatic nitrogens is 1. The Labute approximate surface area is 84.2 Å². The Morgan fingerprint density at radius 1 is 1.67 bits per heavy atom. The van der Waals surface area contributed by atoms with Crippen LogP contribution in [-0.4, -0.2) is 17.5 Å². The molecule has 0 saturated carbocycles. The highest BCUT2D eigenvalue weighted by atomic mass is 19.3. The highest BCUT2D eigenvalue weighted by Gasteiger charge is 2.09. The van der Waals surface area contributed by atoms with Crippen molar-refractivity contribution in [3.63, 3.8) is 0 Å². The average molecular weight is 217 g/mol. The molecule has 1 heterocycles. The molecule has 1 rings (SSSR count). The van der Waals surface area contributed by atoms with Crippen molar-refractivity contribution in [2.24, 2.45) is 0 Å². The maximum atomic E-state index is 11.8. The summed E-state index contributed by atoms with van der Waals surface area (Å²) < 4.78 is 27.7. The maximum absolute atomic E-state index is 11.8. The van der Waals surface area contributed by atoms with Crippen molar-refractivity contribution in [1.82, 2.24) is 4.98 Å². The molecular weight excluding hydrogens is 208 g/mol. The van der Waals surface area contributed by atoms with Crippen LogP contribution in [0.3, 0.4) is 0 Å². The maximum Gasteiger partial charge on any atom is 0.387 e. The molecule has 0 aliphatic heterocycles. The standard InChI is InChI=1S/C8H9F2N3O2/c1-4(14)13-7-2-5(11)6(3-12-7)15-8(9)10/h2-3,8H,1H3,(H3,11,12,13,14). The van der Waals surface area contributed by atoms with Gasteiger partial charge in [0.15, 0.2) is 5.75 Å². The van der Waals surface area contributed by atoms with Crippen LogP contribution in [0.1, 0.15) is 6.92 Å². The number of pyridine rings is 1. The summed E-state index contributed by atoms with van der Waals surface area (Å²) in [7, 11) is 0. The van der Waals surface area contributed by atoms with Crippen molar-refractivity contribution < 1.29 is 18.3 Å². The van der Waals surface area contributed by atoms with Gasteiger partial charge in [-0.2, -0.15) is 8.78 Å². The summed E-state index contributed by atoms with van der Waals surface area (Å²) in [4.78, 5) is 14.3. The van der Waals surface area contributed by atoms with Gasteiger partial charge in [-0.3, -0.25) is 4.79 Å². The van der Waals surface area contributed by atoms with Gasteiger partial charge in [-0.05, 0) is 0 Å². The summed E-state index contributed by atoms with van der Waals surface area (Å²) in [5.74, 6) is -0.370.